The van der Waals surface area contributed by atoms with E-state index in [0.717, 1.165) is 5.82 Å². The molecule has 0 fully saturated rings. The number of H-pyrrole nitrogens is 1. The predicted octanol–water partition coefficient (Wildman–Crippen LogP) is 1.55. The van der Waals surface area contributed by atoms with Gasteiger partial charge in [0.25, 0.3) is 5.69 Å². The number of carbonyl (C=O) groups is 1. The van der Waals surface area contributed by atoms with Gasteiger partial charge in [-0.1, -0.05) is 12.1 Å². The van der Waals surface area contributed by atoms with Crippen LogP contribution in [0.3, 0.4) is 0 Å². The van der Waals surface area contributed by atoms with E-state index in [1.807, 2.05) is 0 Å². The lowest BCUT2D eigenvalue weighted by atomic mass is 10.2. The molecule has 0 saturated heterocycles. The third-order valence-electron chi connectivity index (χ3n) is 3.41. The highest BCUT2D eigenvalue weighted by Crippen LogP contribution is 2.22. The average molecular weight is 350 g/mol. The fraction of sp³-hybridized carbons (Fsp3) is 0.357. The van der Waals surface area contributed by atoms with Gasteiger partial charge in [0.05, 0.1) is 4.92 Å². The number of amides is 1. The molecule has 1 aromatic carbocycles. The molecule has 24 heavy (non-hydrogen) atoms. The SMILES string of the molecule is Cn1c(CCNC(=O)CCNc2ccccc2[N+](=O)[O-])n[nH]c1=S. The Bertz CT molecular complexity index is 785. The van der Waals surface area contributed by atoms with Gasteiger partial charge < -0.3 is 15.2 Å². The molecule has 1 aromatic heterocycles. The maximum atomic E-state index is 11.8. The fourth-order valence-corrected chi connectivity index (χ4v) is 2.25. The summed E-state index contributed by atoms with van der Waals surface area (Å²) in [6.07, 6.45) is 0.776. The number of nitrogens with zero attached hydrogens (tertiary/aromatic N) is 3. The second-order valence-corrected chi connectivity index (χ2v) is 5.44. The van der Waals surface area contributed by atoms with Crippen LogP contribution in [0.4, 0.5) is 11.4 Å². The summed E-state index contributed by atoms with van der Waals surface area (Å²) in [6, 6.07) is 6.33. The topological polar surface area (TPSA) is 118 Å². The quantitative estimate of drug-likeness (QED) is 0.378. The molecule has 0 unspecified atom stereocenters. The van der Waals surface area contributed by atoms with E-state index < -0.39 is 4.92 Å². The van der Waals surface area contributed by atoms with Crippen LogP contribution in [0.2, 0.25) is 0 Å². The van der Waals surface area contributed by atoms with E-state index in [9.17, 15) is 14.9 Å². The lowest BCUT2D eigenvalue weighted by Crippen LogP contribution is -2.28. The first-order valence-electron chi connectivity index (χ1n) is 7.33. The number of nitrogens with one attached hydrogen (secondary N) is 3. The fourth-order valence-electron chi connectivity index (χ4n) is 2.10. The van der Waals surface area contributed by atoms with Gasteiger partial charge in [-0.05, 0) is 18.3 Å². The number of aromatic amines is 1. The van der Waals surface area contributed by atoms with Gasteiger partial charge in [0.15, 0.2) is 4.77 Å². The molecule has 0 aliphatic carbocycles. The van der Waals surface area contributed by atoms with Crippen molar-refractivity contribution in [1.29, 1.82) is 0 Å². The average Bonchev–Trinajstić information content (AvgIpc) is 2.87. The van der Waals surface area contributed by atoms with Crippen LogP contribution in [0.1, 0.15) is 12.2 Å². The van der Waals surface area contributed by atoms with E-state index in [2.05, 4.69) is 20.8 Å². The third-order valence-corrected chi connectivity index (χ3v) is 3.78. The molecule has 0 atom stereocenters. The Morgan fingerprint density at radius 2 is 2.17 bits per heavy atom. The molecule has 0 saturated carbocycles. The maximum absolute atomic E-state index is 11.8. The van der Waals surface area contributed by atoms with E-state index in [0.29, 0.717) is 30.0 Å². The van der Waals surface area contributed by atoms with Crippen LogP contribution in [0.5, 0.6) is 0 Å². The zero-order valence-corrected chi connectivity index (χ0v) is 13.9. The minimum absolute atomic E-state index is 0.0105. The van der Waals surface area contributed by atoms with Gasteiger partial charge in [-0.2, -0.15) is 5.10 Å². The Labute approximate surface area is 143 Å². The van der Waals surface area contributed by atoms with E-state index in [1.54, 1.807) is 29.8 Å². The molecule has 1 amide bonds. The third kappa shape index (κ3) is 4.62. The van der Waals surface area contributed by atoms with Crippen molar-refractivity contribution in [2.24, 2.45) is 7.05 Å². The van der Waals surface area contributed by atoms with E-state index in [-0.39, 0.29) is 18.0 Å². The molecule has 2 rings (SSSR count). The van der Waals surface area contributed by atoms with Crippen molar-refractivity contribution in [2.75, 3.05) is 18.4 Å². The minimum Gasteiger partial charge on any atom is -0.379 e. The molecule has 0 aliphatic rings. The van der Waals surface area contributed by atoms with Crippen molar-refractivity contribution < 1.29 is 9.72 Å². The highest BCUT2D eigenvalue weighted by molar-refractivity contribution is 7.71. The Kier molecular flexibility index (Phi) is 6.01. The molecule has 1 heterocycles. The highest BCUT2D eigenvalue weighted by atomic mass is 32.1. The number of nitro benzene ring substituents is 1. The Morgan fingerprint density at radius 1 is 1.42 bits per heavy atom. The Morgan fingerprint density at radius 3 is 2.83 bits per heavy atom. The second-order valence-electron chi connectivity index (χ2n) is 5.05. The normalized spacial score (nSPS) is 10.4. The molecule has 0 bridgehead atoms. The lowest BCUT2D eigenvalue weighted by molar-refractivity contribution is -0.384. The van der Waals surface area contributed by atoms with Crippen LogP contribution >= 0.6 is 12.2 Å². The summed E-state index contributed by atoms with van der Waals surface area (Å²) in [5.74, 6) is 0.621. The van der Waals surface area contributed by atoms with Crippen molar-refractivity contribution in [3.8, 4) is 0 Å². The van der Waals surface area contributed by atoms with Crippen LogP contribution in [-0.4, -0.2) is 38.7 Å². The predicted molar refractivity (Wildman–Crippen MR) is 91.3 cm³/mol. The number of hydrogen-bond acceptors (Lipinski definition) is 6. The molecule has 10 heteroatoms. The number of aromatic nitrogens is 3. The number of carbonyl (C=O) groups excluding carboxylic acids is 1. The summed E-state index contributed by atoms with van der Waals surface area (Å²) in [7, 11) is 1.81. The van der Waals surface area contributed by atoms with Crippen LogP contribution in [0.25, 0.3) is 0 Å². The summed E-state index contributed by atoms with van der Waals surface area (Å²) in [5.41, 5.74) is 0.389. The zero-order valence-electron chi connectivity index (χ0n) is 13.1. The molecule has 9 nitrogen and oxygen atoms in total. The van der Waals surface area contributed by atoms with Crippen molar-refractivity contribution in [1.82, 2.24) is 20.1 Å². The van der Waals surface area contributed by atoms with Gasteiger partial charge in [0, 0.05) is 39.0 Å². The first kappa shape index (κ1) is 17.6. The van der Waals surface area contributed by atoms with Crippen LogP contribution < -0.4 is 10.6 Å². The van der Waals surface area contributed by atoms with Gasteiger partial charge in [-0.3, -0.25) is 20.0 Å². The van der Waals surface area contributed by atoms with Gasteiger partial charge in [-0.15, -0.1) is 0 Å². The van der Waals surface area contributed by atoms with E-state index >= 15 is 0 Å². The van der Waals surface area contributed by atoms with Gasteiger partial charge in [0.1, 0.15) is 11.5 Å². The zero-order chi connectivity index (χ0) is 17.5. The van der Waals surface area contributed by atoms with Crippen molar-refractivity contribution >= 4 is 29.5 Å². The molecule has 2 aromatic rings. The first-order chi connectivity index (χ1) is 11.5. The maximum Gasteiger partial charge on any atom is 0.292 e. The van der Waals surface area contributed by atoms with Gasteiger partial charge in [0.2, 0.25) is 5.91 Å². The summed E-state index contributed by atoms with van der Waals surface area (Å²) >= 11 is 5.01. The highest BCUT2D eigenvalue weighted by Gasteiger charge is 2.12. The van der Waals surface area contributed by atoms with Crippen LogP contribution in [0.15, 0.2) is 24.3 Å². The Hall–Kier alpha value is -2.75. The standard InChI is InChI=1S/C14H18N6O3S/c1-19-12(17-18-14(19)24)6-8-16-13(21)7-9-15-10-4-2-3-5-11(10)20(22)23/h2-5,15H,6-9H2,1H3,(H,16,21)(H,18,24). The van der Waals surface area contributed by atoms with E-state index in [4.69, 9.17) is 12.2 Å². The Balaban J connectivity index is 1.73. The summed E-state index contributed by atoms with van der Waals surface area (Å²) in [6.45, 7) is 0.751. The molecule has 0 spiro atoms. The number of nitro groups is 1. The molecular formula is C14H18N6O3S. The number of para-hydroxylation sites is 2. The number of rotatable bonds is 8. The van der Waals surface area contributed by atoms with Crippen LogP contribution in [-0.2, 0) is 18.3 Å². The van der Waals surface area contributed by atoms with Crippen molar-refractivity contribution in [3.63, 3.8) is 0 Å². The van der Waals surface area contributed by atoms with Crippen LogP contribution in [0, 0.1) is 14.9 Å². The lowest BCUT2D eigenvalue weighted by Gasteiger charge is -2.08. The number of benzene rings is 1. The monoisotopic (exact) mass is 350 g/mol. The largest absolute Gasteiger partial charge is 0.379 e. The minimum atomic E-state index is -0.459. The van der Waals surface area contributed by atoms with E-state index in [1.165, 1.54) is 6.07 Å². The van der Waals surface area contributed by atoms with Gasteiger partial charge in [-0.25, -0.2) is 0 Å². The summed E-state index contributed by atoms with van der Waals surface area (Å²) < 4.78 is 2.28. The summed E-state index contributed by atoms with van der Waals surface area (Å²) in [4.78, 5) is 22.2. The summed E-state index contributed by atoms with van der Waals surface area (Å²) in [5, 5.41) is 23.3. The molecule has 3 N–H and O–H groups in total. The number of hydrogen-bond donors (Lipinski definition) is 3. The molecule has 0 radical (unpaired) electrons. The first-order valence-corrected chi connectivity index (χ1v) is 7.74. The molecular weight excluding hydrogens is 332 g/mol. The smallest absolute Gasteiger partial charge is 0.292 e. The molecule has 128 valence electrons. The van der Waals surface area contributed by atoms with Crippen molar-refractivity contribution in [2.45, 2.75) is 12.8 Å². The number of anilines is 1. The second kappa shape index (κ2) is 8.20. The molecule has 0 aliphatic heterocycles. The van der Waals surface area contributed by atoms with Gasteiger partial charge >= 0.3 is 0 Å². The van der Waals surface area contributed by atoms with Crippen molar-refractivity contribution in [3.05, 3.63) is 45.0 Å².